The van der Waals surface area contributed by atoms with Gasteiger partial charge in [0.2, 0.25) is 5.90 Å². The van der Waals surface area contributed by atoms with Gasteiger partial charge in [0.05, 0.1) is 19.1 Å². The number of nitrogens with zero attached hydrogens (tertiary/aromatic N) is 2. The molecule has 0 N–H and O–H groups in total. The molecule has 0 bridgehead atoms. The lowest BCUT2D eigenvalue weighted by molar-refractivity contribution is -0.384. The number of ether oxygens (including phenoxy) is 3. The van der Waals surface area contributed by atoms with Crippen molar-refractivity contribution in [1.29, 1.82) is 0 Å². The van der Waals surface area contributed by atoms with E-state index in [0.717, 1.165) is 0 Å². The highest BCUT2D eigenvalue weighted by molar-refractivity contribution is 6.32. The molecule has 2 aromatic carbocycles. The van der Waals surface area contributed by atoms with Crippen LogP contribution >= 0.6 is 11.6 Å². The number of hydrogen-bond acceptors (Lipinski definition) is 7. The maximum Gasteiger partial charge on any atom is 0.363 e. The lowest BCUT2D eigenvalue weighted by atomic mass is 10.1. The molecule has 0 radical (unpaired) electrons. The monoisotopic (exact) mass is 388 g/mol. The molecule has 1 aliphatic rings. The predicted octanol–water partition coefficient (Wildman–Crippen LogP) is 3.61. The van der Waals surface area contributed by atoms with Gasteiger partial charge in [-0.2, -0.15) is 0 Å². The van der Waals surface area contributed by atoms with Crippen LogP contribution in [0.15, 0.2) is 47.1 Å². The number of aliphatic imine (C=N–C) groups is 1. The van der Waals surface area contributed by atoms with Crippen LogP contribution in [0.25, 0.3) is 6.08 Å². The number of cyclic esters (lactones) is 1. The maximum atomic E-state index is 12.1. The summed E-state index contributed by atoms with van der Waals surface area (Å²) in [7, 11) is 3.02. The molecule has 1 aliphatic heterocycles. The molecule has 0 saturated heterocycles. The van der Waals surface area contributed by atoms with Crippen molar-refractivity contribution in [3.05, 3.63) is 68.4 Å². The van der Waals surface area contributed by atoms with E-state index in [2.05, 4.69) is 4.99 Å². The van der Waals surface area contributed by atoms with Crippen LogP contribution < -0.4 is 9.47 Å². The SMILES string of the molecule is COc1ccc(/C=C2\N=C(c3ccc(Cl)c([N+](=O)[O-])c3)OC2=O)c(OC)c1. The highest BCUT2D eigenvalue weighted by Crippen LogP contribution is 2.30. The summed E-state index contributed by atoms with van der Waals surface area (Å²) in [5.74, 6) is 0.361. The lowest BCUT2D eigenvalue weighted by Crippen LogP contribution is -2.06. The highest BCUT2D eigenvalue weighted by atomic mass is 35.5. The Morgan fingerprint density at radius 1 is 1.19 bits per heavy atom. The molecule has 0 aromatic heterocycles. The Balaban J connectivity index is 1.99. The third kappa shape index (κ3) is 3.75. The van der Waals surface area contributed by atoms with Crippen LogP contribution in [0, 0.1) is 10.1 Å². The van der Waals surface area contributed by atoms with E-state index in [1.807, 2.05) is 0 Å². The van der Waals surface area contributed by atoms with Gasteiger partial charge in [0, 0.05) is 23.3 Å². The zero-order valence-corrected chi connectivity index (χ0v) is 15.0. The molecular formula is C18H13ClN2O6. The number of carbonyl (C=O) groups excluding carboxylic acids is 1. The van der Waals surface area contributed by atoms with E-state index in [4.69, 9.17) is 25.8 Å². The number of carbonyl (C=O) groups is 1. The van der Waals surface area contributed by atoms with E-state index >= 15 is 0 Å². The third-order valence-corrected chi connectivity index (χ3v) is 4.06. The first-order valence-corrected chi connectivity index (χ1v) is 7.99. The van der Waals surface area contributed by atoms with Crippen molar-refractivity contribution < 1.29 is 23.9 Å². The fraction of sp³-hybridized carbons (Fsp3) is 0.111. The molecule has 1 heterocycles. The fourth-order valence-electron chi connectivity index (χ4n) is 2.40. The van der Waals surface area contributed by atoms with Crippen molar-refractivity contribution in [1.82, 2.24) is 0 Å². The van der Waals surface area contributed by atoms with E-state index in [1.54, 1.807) is 18.2 Å². The molecule has 0 spiro atoms. The first-order chi connectivity index (χ1) is 12.9. The summed E-state index contributed by atoms with van der Waals surface area (Å²) in [5, 5.41) is 11.0. The molecular weight excluding hydrogens is 376 g/mol. The van der Waals surface area contributed by atoms with E-state index in [-0.39, 0.29) is 27.9 Å². The highest BCUT2D eigenvalue weighted by Gasteiger charge is 2.26. The Hall–Kier alpha value is -3.39. The molecule has 138 valence electrons. The Bertz CT molecular complexity index is 999. The van der Waals surface area contributed by atoms with Gasteiger partial charge in [-0.05, 0) is 30.3 Å². The standard InChI is InChI=1S/C18H13ClN2O6/c1-25-12-5-3-10(16(9-12)26-2)7-14-18(22)27-17(20-14)11-4-6-13(19)15(8-11)21(23)24/h3-9H,1-2H3/b14-7-. The molecule has 0 fully saturated rings. The Kier molecular flexibility index (Phi) is 5.09. The van der Waals surface area contributed by atoms with Crippen LogP contribution in [0.3, 0.4) is 0 Å². The molecule has 0 atom stereocenters. The van der Waals surface area contributed by atoms with Crippen molar-refractivity contribution in [3.8, 4) is 11.5 Å². The number of hydrogen-bond donors (Lipinski definition) is 0. The van der Waals surface area contributed by atoms with Crippen LogP contribution in [0.5, 0.6) is 11.5 Å². The van der Waals surface area contributed by atoms with Crippen molar-refractivity contribution in [2.45, 2.75) is 0 Å². The zero-order chi connectivity index (χ0) is 19.6. The Labute approximate surface area is 158 Å². The first-order valence-electron chi connectivity index (χ1n) is 7.62. The Morgan fingerprint density at radius 3 is 2.63 bits per heavy atom. The molecule has 9 heteroatoms. The number of nitro benzene ring substituents is 1. The zero-order valence-electron chi connectivity index (χ0n) is 14.3. The predicted molar refractivity (Wildman–Crippen MR) is 98.3 cm³/mol. The number of rotatable bonds is 5. The van der Waals surface area contributed by atoms with E-state index in [1.165, 1.54) is 38.5 Å². The average molecular weight is 389 g/mol. The third-order valence-electron chi connectivity index (χ3n) is 3.74. The van der Waals surface area contributed by atoms with Gasteiger partial charge in [-0.1, -0.05) is 11.6 Å². The largest absolute Gasteiger partial charge is 0.497 e. The van der Waals surface area contributed by atoms with Crippen LogP contribution in [-0.4, -0.2) is 31.0 Å². The van der Waals surface area contributed by atoms with E-state index < -0.39 is 10.9 Å². The average Bonchev–Trinajstić information content (AvgIpc) is 3.02. The van der Waals surface area contributed by atoms with Gasteiger partial charge < -0.3 is 14.2 Å². The van der Waals surface area contributed by atoms with Crippen LogP contribution in [0.2, 0.25) is 5.02 Å². The van der Waals surface area contributed by atoms with Crippen LogP contribution in [0.4, 0.5) is 5.69 Å². The summed E-state index contributed by atoms with van der Waals surface area (Å²) in [6.07, 6.45) is 1.50. The summed E-state index contributed by atoms with van der Waals surface area (Å²) in [4.78, 5) is 26.7. The van der Waals surface area contributed by atoms with Crippen molar-refractivity contribution in [2.75, 3.05) is 14.2 Å². The molecule has 2 aromatic rings. The van der Waals surface area contributed by atoms with Crippen molar-refractivity contribution >= 4 is 35.2 Å². The van der Waals surface area contributed by atoms with Gasteiger partial charge in [-0.15, -0.1) is 0 Å². The van der Waals surface area contributed by atoms with Crippen molar-refractivity contribution in [2.24, 2.45) is 4.99 Å². The van der Waals surface area contributed by atoms with E-state index in [9.17, 15) is 14.9 Å². The lowest BCUT2D eigenvalue weighted by Gasteiger charge is -2.07. The molecule has 0 unspecified atom stereocenters. The molecule has 8 nitrogen and oxygen atoms in total. The van der Waals surface area contributed by atoms with E-state index in [0.29, 0.717) is 17.1 Å². The number of nitro groups is 1. The van der Waals surface area contributed by atoms with Gasteiger partial charge >= 0.3 is 5.97 Å². The molecule has 27 heavy (non-hydrogen) atoms. The minimum absolute atomic E-state index is 0.0209. The molecule has 0 amide bonds. The van der Waals surface area contributed by atoms with Gasteiger partial charge in [0.1, 0.15) is 16.5 Å². The van der Waals surface area contributed by atoms with Crippen LogP contribution in [0.1, 0.15) is 11.1 Å². The quantitative estimate of drug-likeness (QED) is 0.335. The molecule has 0 aliphatic carbocycles. The van der Waals surface area contributed by atoms with Crippen molar-refractivity contribution in [3.63, 3.8) is 0 Å². The smallest absolute Gasteiger partial charge is 0.363 e. The number of halogens is 1. The van der Waals surface area contributed by atoms with Gasteiger partial charge in [-0.3, -0.25) is 10.1 Å². The van der Waals surface area contributed by atoms with Gasteiger partial charge in [0.25, 0.3) is 5.69 Å². The second-order valence-corrected chi connectivity index (χ2v) is 5.77. The topological polar surface area (TPSA) is 100 Å². The summed E-state index contributed by atoms with van der Waals surface area (Å²) >= 11 is 5.80. The minimum atomic E-state index is -0.680. The summed E-state index contributed by atoms with van der Waals surface area (Å²) < 4.78 is 15.6. The molecule has 0 saturated carbocycles. The number of methoxy groups -OCH3 is 2. The first kappa shape index (κ1) is 18.4. The number of esters is 1. The number of benzene rings is 2. The second-order valence-electron chi connectivity index (χ2n) is 5.37. The Morgan fingerprint density at radius 2 is 1.96 bits per heavy atom. The summed E-state index contributed by atoms with van der Waals surface area (Å²) in [6.45, 7) is 0. The normalized spacial score (nSPS) is 14.7. The fourth-order valence-corrected chi connectivity index (χ4v) is 2.59. The van der Waals surface area contributed by atoms with Gasteiger partial charge in [-0.25, -0.2) is 9.79 Å². The van der Waals surface area contributed by atoms with Gasteiger partial charge in [0.15, 0.2) is 5.70 Å². The maximum absolute atomic E-state index is 12.1. The van der Waals surface area contributed by atoms with Crippen LogP contribution in [-0.2, 0) is 9.53 Å². The molecule has 3 rings (SSSR count). The minimum Gasteiger partial charge on any atom is -0.497 e. The summed E-state index contributed by atoms with van der Waals surface area (Å²) in [6, 6.07) is 9.12. The second kappa shape index (κ2) is 7.46. The summed E-state index contributed by atoms with van der Waals surface area (Å²) in [5.41, 5.74) is 0.593.